The number of ether oxygens (including phenoxy) is 1. The number of halogens is 2. The fraction of sp³-hybridized carbons (Fsp3) is 0.571. The van der Waals surface area contributed by atoms with Crippen molar-refractivity contribution in [2.24, 2.45) is 17.8 Å². The number of aldehydes is 1. The average Bonchev–Trinajstić information content (AvgIpc) is 2.66. The third kappa shape index (κ3) is 3.94. The van der Waals surface area contributed by atoms with Gasteiger partial charge in [-0.15, -0.1) is 0 Å². The Labute approximate surface area is 148 Å². The van der Waals surface area contributed by atoms with E-state index in [0.29, 0.717) is 24.0 Å². The first-order valence-corrected chi connectivity index (χ1v) is 9.39. The van der Waals surface area contributed by atoms with Crippen LogP contribution in [0.5, 0.6) is 5.75 Å². The van der Waals surface area contributed by atoms with Crippen LogP contribution < -0.4 is 4.74 Å². The summed E-state index contributed by atoms with van der Waals surface area (Å²) in [6.45, 7) is 2.06. The topological polar surface area (TPSA) is 26.3 Å². The molecule has 1 saturated carbocycles. The zero-order chi connectivity index (χ0) is 17.8. The summed E-state index contributed by atoms with van der Waals surface area (Å²) in [6, 6.07) is 3.15. The van der Waals surface area contributed by atoms with Crippen molar-refractivity contribution in [3.63, 3.8) is 0 Å². The minimum absolute atomic E-state index is 0.0232. The van der Waals surface area contributed by atoms with Crippen molar-refractivity contribution in [1.82, 2.24) is 0 Å². The number of carbonyl (C=O) groups is 1. The molecule has 0 heterocycles. The van der Waals surface area contributed by atoms with E-state index < -0.39 is 11.6 Å². The van der Waals surface area contributed by atoms with Crippen molar-refractivity contribution in [3.05, 3.63) is 35.4 Å². The molecule has 3 rings (SSSR count). The molecule has 0 radical (unpaired) electrons. The Morgan fingerprint density at radius 1 is 1.08 bits per heavy atom. The Kier molecular flexibility index (Phi) is 5.87. The van der Waals surface area contributed by atoms with Gasteiger partial charge in [0, 0.05) is 11.5 Å². The lowest BCUT2D eigenvalue weighted by Crippen LogP contribution is -2.23. The highest BCUT2D eigenvalue weighted by Gasteiger charge is 2.29. The van der Waals surface area contributed by atoms with Crippen molar-refractivity contribution < 1.29 is 18.3 Å². The van der Waals surface area contributed by atoms with E-state index in [4.69, 9.17) is 4.74 Å². The molecule has 2 aliphatic carbocycles. The first-order chi connectivity index (χ1) is 12.1. The number of hydrogen-bond donors (Lipinski definition) is 0. The number of hydrogen-bond acceptors (Lipinski definition) is 2. The van der Waals surface area contributed by atoms with Gasteiger partial charge in [0.25, 0.3) is 0 Å². The lowest BCUT2D eigenvalue weighted by molar-refractivity contribution is -0.112. The van der Waals surface area contributed by atoms with Gasteiger partial charge in [-0.25, -0.2) is 4.39 Å². The van der Waals surface area contributed by atoms with Gasteiger partial charge in [0.2, 0.25) is 5.82 Å². The number of rotatable bonds is 5. The fourth-order valence-electron chi connectivity index (χ4n) is 4.33. The molecular formula is C21H26F2O2. The minimum Gasteiger partial charge on any atom is -0.491 e. The molecule has 0 saturated heterocycles. The van der Waals surface area contributed by atoms with E-state index in [0.717, 1.165) is 56.8 Å². The van der Waals surface area contributed by atoms with Gasteiger partial charge >= 0.3 is 0 Å². The highest BCUT2D eigenvalue weighted by atomic mass is 19.2. The van der Waals surface area contributed by atoms with Crippen LogP contribution in [0, 0.1) is 29.4 Å². The Morgan fingerprint density at radius 2 is 1.84 bits per heavy atom. The van der Waals surface area contributed by atoms with Crippen molar-refractivity contribution in [1.29, 1.82) is 0 Å². The van der Waals surface area contributed by atoms with Crippen LogP contribution in [0.1, 0.15) is 57.4 Å². The minimum atomic E-state index is -0.894. The predicted octanol–water partition coefficient (Wildman–Crippen LogP) is 5.55. The molecule has 0 amide bonds. The normalized spacial score (nSPS) is 26.8. The zero-order valence-electron chi connectivity index (χ0n) is 14.8. The van der Waals surface area contributed by atoms with E-state index in [1.165, 1.54) is 6.07 Å². The van der Waals surface area contributed by atoms with Crippen molar-refractivity contribution in [2.45, 2.75) is 51.9 Å². The number of allylic oxidation sites excluding steroid dienone is 2. The lowest BCUT2D eigenvalue weighted by atomic mass is 9.71. The largest absolute Gasteiger partial charge is 0.491 e. The summed E-state index contributed by atoms with van der Waals surface area (Å²) < 4.78 is 33.6. The van der Waals surface area contributed by atoms with Crippen molar-refractivity contribution >= 4 is 11.9 Å². The third-order valence-electron chi connectivity index (χ3n) is 5.82. The van der Waals surface area contributed by atoms with Gasteiger partial charge in [0.15, 0.2) is 11.6 Å². The van der Waals surface area contributed by atoms with E-state index >= 15 is 0 Å². The van der Waals surface area contributed by atoms with Crippen LogP contribution in [0.15, 0.2) is 18.2 Å². The van der Waals surface area contributed by atoms with E-state index in [1.54, 1.807) is 13.0 Å². The van der Waals surface area contributed by atoms with E-state index in [1.807, 2.05) is 0 Å². The van der Waals surface area contributed by atoms with E-state index in [2.05, 4.69) is 6.08 Å². The molecule has 2 nitrogen and oxygen atoms in total. The predicted molar refractivity (Wildman–Crippen MR) is 94.4 cm³/mol. The first-order valence-electron chi connectivity index (χ1n) is 9.39. The maximum Gasteiger partial charge on any atom is 0.201 e. The molecular weight excluding hydrogens is 322 g/mol. The zero-order valence-corrected chi connectivity index (χ0v) is 14.8. The summed E-state index contributed by atoms with van der Waals surface area (Å²) in [5.74, 6) is -0.212. The number of carbonyl (C=O) groups excluding carboxylic acids is 1. The average molecular weight is 348 g/mol. The Balaban J connectivity index is 1.67. The molecule has 1 aromatic rings. The molecule has 1 fully saturated rings. The van der Waals surface area contributed by atoms with Gasteiger partial charge in [-0.2, -0.15) is 4.39 Å². The molecule has 1 aromatic carbocycles. The smallest absolute Gasteiger partial charge is 0.201 e. The van der Waals surface area contributed by atoms with Crippen LogP contribution in [0.2, 0.25) is 0 Å². The molecule has 2 aliphatic rings. The molecule has 0 N–H and O–H groups in total. The maximum atomic E-state index is 14.4. The molecule has 136 valence electrons. The summed E-state index contributed by atoms with van der Waals surface area (Å²) in [4.78, 5) is 10.9. The van der Waals surface area contributed by atoms with Gasteiger partial charge < -0.3 is 9.53 Å². The fourth-order valence-corrected chi connectivity index (χ4v) is 4.33. The molecule has 1 atom stereocenters. The molecule has 0 aliphatic heterocycles. The summed E-state index contributed by atoms with van der Waals surface area (Å²) in [6.07, 6.45) is 10.1. The summed E-state index contributed by atoms with van der Waals surface area (Å²) >= 11 is 0. The summed E-state index contributed by atoms with van der Waals surface area (Å²) in [5.41, 5.74) is 1.27. The SMILES string of the molecule is CCOc1ccc(C2=CCC([C@H]3CC[C@H](C=O)CC3)CC2)c(F)c1F. The van der Waals surface area contributed by atoms with Gasteiger partial charge in [-0.3, -0.25) is 0 Å². The summed E-state index contributed by atoms with van der Waals surface area (Å²) in [7, 11) is 0. The maximum absolute atomic E-state index is 14.4. The van der Waals surface area contributed by atoms with Crippen LogP contribution in [-0.2, 0) is 4.79 Å². The Hall–Kier alpha value is -1.71. The van der Waals surface area contributed by atoms with Crippen molar-refractivity contribution in [3.8, 4) is 5.75 Å². The van der Waals surface area contributed by atoms with Crippen LogP contribution >= 0.6 is 0 Å². The second-order valence-corrected chi connectivity index (χ2v) is 7.25. The van der Waals surface area contributed by atoms with Crippen LogP contribution in [-0.4, -0.2) is 12.9 Å². The van der Waals surface area contributed by atoms with E-state index in [9.17, 15) is 13.6 Å². The number of benzene rings is 1. The molecule has 0 aromatic heterocycles. The summed E-state index contributed by atoms with van der Waals surface area (Å²) in [5, 5.41) is 0. The third-order valence-corrected chi connectivity index (χ3v) is 5.82. The Bertz CT molecular complexity index is 646. The second-order valence-electron chi connectivity index (χ2n) is 7.25. The molecule has 0 bridgehead atoms. The molecule has 0 spiro atoms. The van der Waals surface area contributed by atoms with Gasteiger partial charge in [-0.1, -0.05) is 6.08 Å². The van der Waals surface area contributed by atoms with Gasteiger partial charge in [0.1, 0.15) is 6.29 Å². The van der Waals surface area contributed by atoms with Crippen molar-refractivity contribution in [2.75, 3.05) is 6.61 Å². The first kappa shape index (κ1) is 18.1. The monoisotopic (exact) mass is 348 g/mol. The van der Waals surface area contributed by atoms with E-state index in [-0.39, 0.29) is 11.7 Å². The molecule has 1 unspecified atom stereocenters. The molecule has 4 heteroatoms. The standard InChI is InChI=1S/C21H26F2O2/c1-2-25-19-12-11-18(20(22)21(19)23)17-9-7-16(8-10-17)15-5-3-14(13-24)4-6-15/h9,11-16H,2-8,10H2,1H3/t14-,15-,16?. The van der Waals surface area contributed by atoms with Crippen LogP contribution in [0.25, 0.3) is 5.57 Å². The van der Waals surface area contributed by atoms with Crippen LogP contribution in [0.3, 0.4) is 0 Å². The highest BCUT2D eigenvalue weighted by Crippen LogP contribution is 2.41. The van der Waals surface area contributed by atoms with Crippen LogP contribution in [0.4, 0.5) is 8.78 Å². The second kappa shape index (κ2) is 8.11. The van der Waals surface area contributed by atoms with Gasteiger partial charge in [0.05, 0.1) is 6.61 Å². The Morgan fingerprint density at radius 3 is 2.44 bits per heavy atom. The lowest BCUT2D eigenvalue weighted by Gasteiger charge is -2.34. The highest BCUT2D eigenvalue weighted by molar-refractivity contribution is 5.67. The van der Waals surface area contributed by atoms with Gasteiger partial charge in [-0.05, 0) is 81.4 Å². The quantitative estimate of drug-likeness (QED) is 0.652. The molecule has 25 heavy (non-hydrogen) atoms.